The van der Waals surface area contributed by atoms with Crippen molar-refractivity contribution in [1.29, 1.82) is 0 Å². The van der Waals surface area contributed by atoms with Crippen molar-refractivity contribution in [3.05, 3.63) is 39.2 Å². The lowest BCUT2D eigenvalue weighted by Crippen LogP contribution is -2.12. The lowest BCUT2D eigenvalue weighted by atomic mass is 10.0. The summed E-state index contributed by atoms with van der Waals surface area (Å²) in [5.41, 5.74) is 10.1. The van der Waals surface area contributed by atoms with E-state index in [1.54, 1.807) is 0 Å². The zero-order valence-corrected chi connectivity index (χ0v) is 9.14. The third-order valence-electron chi connectivity index (χ3n) is 3.05. The van der Waals surface area contributed by atoms with E-state index in [4.69, 9.17) is 5.73 Å². The molecule has 0 saturated heterocycles. The van der Waals surface area contributed by atoms with Crippen molar-refractivity contribution in [2.75, 3.05) is 5.73 Å². The summed E-state index contributed by atoms with van der Waals surface area (Å²) >= 11 is 0. The van der Waals surface area contributed by atoms with Crippen LogP contribution in [0.25, 0.3) is 10.9 Å². The summed E-state index contributed by atoms with van der Waals surface area (Å²) in [5.74, 6) is 0. The van der Waals surface area contributed by atoms with Crippen molar-refractivity contribution < 1.29 is 0 Å². The van der Waals surface area contributed by atoms with Crippen LogP contribution in [-0.2, 0) is 0 Å². The number of benzene rings is 1. The molecule has 0 spiro atoms. The van der Waals surface area contributed by atoms with Crippen molar-refractivity contribution in [3.63, 3.8) is 0 Å². The first-order valence-electron chi connectivity index (χ1n) is 4.90. The number of rotatable bonds is 0. The minimum absolute atomic E-state index is 0.0336. The van der Waals surface area contributed by atoms with Gasteiger partial charge in [0.05, 0.1) is 5.52 Å². The third kappa shape index (κ3) is 1.31. The van der Waals surface area contributed by atoms with Gasteiger partial charge in [0.25, 0.3) is 5.56 Å². The van der Waals surface area contributed by atoms with Gasteiger partial charge in [0.15, 0.2) is 0 Å². The van der Waals surface area contributed by atoms with E-state index < -0.39 is 0 Å². The summed E-state index contributed by atoms with van der Waals surface area (Å²) in [6, 6.07) is 3.83. The lowest BCUT2D eigenvalue weighted by Gasteiger charge is -2.09. The maximum atomic E-state index is 11.6. The Morgan fingerprint density at radius 1 is 1.07 bits per heavy atom. The van der Waals surface area contributed by atoms with Crippen molar-refractivity contribution in [2.24, 2.45) is 0 Å². The average Bonchev–Trinajstić information content (AvgIpc) is 2.21. The van der Waals surface area contributed by atoms with Crippen molar-refractivity contribution in [1.82, 2.24) is 4.98 Å². The zero-order chi connectivity index (χ0) is 11.2. The van der Waals surface area contributed by atoms with Gasteiger partial charge >= 0.3 is 0 Å². The molecular weight excluding hydrogens is 188 g/mol. The first kappa shape index (κ1) is 9.77. The molecular formula is C12H14N2O. The Bertz CT molecular complexity index is 597. The molecule has 1 aromatic heterocycles. The molecule has 0 aliphatic rings. The van der Waals surface area contributed by atoms with E-state index in [1.165, 1.54) is 0 Å². The van der Waals surface area contributed by atoms with E-state index in [2.05, 4.69) is 4.98 Å². The van der Waals surface area contributed by atoms with Crippen molar-refractivity contribution in [3.8, 4) is 0 Å². The Kier molecular flexibility index (Phi) is 2.03. The lowest BCUT2D eigenvalue weighted by molar-refractivity contribution is 1.19. The fourth-order valence-corrected chi connectivity index (χ4v) is 1.78. The Labute approximate surface area is 87.9 Å². The van der Waals surface area contributed by atoms with Crippen LogP contribution in [0.1, 0.15) is 16.7 Å². The highest BCUT2D eigenvalue weighted by Gasteiger charge is 2.07. The highest BCUT2D eigenvalue weighted by atomic mass is 16.1. The van der Waals surface area contributed by atoms with Crippen molar-refractivity contribution in [2.45, 2.75) is 20.8 Å². The number of nitrogen functional groups attached to an aromatic ring is 1. The first-order chi connectivity index (χ1) is 7.02. The van der Waals surface area contributed by atoms with E-state index in [-0.39, 0.29) is 5.56 Å². The van der Waals surface area contributed by atoms with Gasteiger partial charge in [-0.3, -0.25) is 4.79 Å². The molecule has 78 valence electrons. The first-order valence-corrected chi connectivity index (χ1v) is 4.90. The molecule has 15 heavy (non-hydrogen) atoms. The van der Waals surface area contributed by atoms with Gasteiger partial charge in [0, 0.05) is 16.6 Å². The van der Waals surface area contributed by atoms with Crippen molar-refractivity contribution >= 4 is 16.6 Å². The second kappa shape index (κ2) is 3.12. The van der Waals surface area contributed by atoms with Gasteiger partial charge in [-0.05, 0) is 38.0 Å². The van der Waals surface area contributed by atoms with Crippen LogP contribution in [0, 0.1) is 20.8 Å². The highest BCUT2D eigenvalue weighted by molar-refractivity contribution is 5.88. The van der Waals surface area contributed by atoms with Gasteiger partial charge in [0.2, 0.25) is 0 Å². The van der Waals surface area contributed by atoms with Gasteiger partial charge < -0.3 is 10.7 Å². The normalized spacial score (nSPS) is 10.9. The standard InChI is InChI=1S/C12H14N2O/c1-6-7(2)12(15)14-11-8(3)10(13)5-4-9(6)11/h4-5H,13H2,1-3H3,(H,14,15). The van der Waals surface area contributed by atoms with Crippen LogP contribution < -0.4 is 11.3 Å². The van der Waals surface area contributed by atoms with E-state index in [0.717, 1.165) is 27.6 Å². The molecule has 2 aromatic rings. The van der Waals surface area contributed by atoms with Crippen LogP contribution in [-0.4, -0.2) is 4.98 Å². The van der Waals surface area contributed by atoms with Crippen LogP contribution in [0.3, 0.4) is 0 Å². The van der Waals surface area contributed by atoms with Crippen LogP contribution in [0.2, 0.25) is 0 Å². The van der Waals surface area contributed by atoms with Crippen LogP contribution in [0.4, 0.5) is 5.69 Å². The number of aromatic nitrogens is 1. The molecule has 0 radical (unpaired) electrons. The maximum absolute atomic E-state index is 11.6. The van der Waals surface area contributed by atoms with Gasteiger partial charge in [-0.15, -0.1) is 0 Å². The van der Waals surface area contributed by atoms with Gasteiger partial charge in [0.1, 0.15) is 0 Å². The quantitative estimate of drug-likeness (QED) is 0.642. The smallest absolute Gasteiger partial charge is 0.251 e. The van der Waals surface area contributed by atoms with E-state index in [9.17, 15) is 4.79 Å². The molecule has 0 bridgehead atoms. The predicted octanol–water partition coefficient (Wildman–Crippen LogP) is 2.04. The largest absolute Gasteiger partial charge is 0.398 e. The molecule has 1 heterocycles. The number of anilines is 1. The number of pyridine rings is 1. The summed E-state index contributed by atoms with van der Waals surface area (Å²) in [6.07, 6.45) is 0. The molecule has 1 aromatic carbocycles. The average molecular weight is 202 g/mol. The van der Waals surface area contributed by atoms with Gasteiger partial charge in [-0.25, -0.2) is 0 Å². The number of nitrogens with two attached hydrogens (primary N) is 1. The fraction of sp³-hybridized carbons (Fsp3) is 0.250. The molecule has 0 amide bonds. The van der Waals surface area contributed by atoms with E-state index in [1.807, 2.05) is 32.9 Å². The summed E-state index contributed by atoms with van der Waals surface area (Å²) in [7, 11) is 0. The number of hydrogen-bond donors (Lipinski definition) is 2. The summed E-state index contributed by atoms with van der Waals surface area (Å²) in [4.78, 5) is 14.5. The summed E-state index contributed by atoms with van der Waals surface area (Å²) < 4.78 is 0. The second-order valence-electron chi connectivity index (χ2n) is 3.91. The predicted molar refractivity (Wildman–Crippen MR) is 63.2 cm³/mol. The summed E-state index contributed by atoms with van der Waals surface area (Å²) in [6.45, 7) is 5.71. The van der Waals surface area contributed by atoms with Gasteiger partial charge in [-0.2, -0.15) is 0 Å². The molecule has 3 N–H and O–H groups in total. The number of fused-ring (bicyclic) bond motifs is 1. The molecule has 0 aliphatic heterocycles. The molecule has 3 heteroatoms. The Morgan fingerprint density at radius 3 is 2.40 bits per heavy atom. The number of aryl methyl sites for hydroxylation is 2. The zero-order valence-electron chi connectivity index (χ0n) is 9.14. The molecule has 2 rings (SSSR count). The van der Waals surface area contributed by atoms with Crippen LogP contribution in [0.5, 0.6) is 0 Å². The molecule has 0 fully saturated rings. The number of aromatic amines is 1. The molecule has 0 atom stereocenters. The van der Waals surface area contributed by atoms with E-state index in [0.29, 0.717) is 5.69 Å². The van der Waals surface area contributed by atoms with E-state index >= 15 is 0 Å². The molecule has 0 aliphatic carbocycles. The Morgan fingerprint density at radius 2 is 1.73 bits per heavy atom. The minimum atomic E-state index is -0.0336. The molecule has 0 saturated carbocycles. The SMILES string of the molecule is Cc1c(C)c2ccc(N)c(C)c2[nH]c1=O. The van der Waals surface area contributed by atoms with Crippen LogP contribution in [0.15, 0.2) is 16.9 Å². The third-order valence-corrected chi connectivity index (χ3v) is 3.05. The number of hydrogen-bond acceptors (Lipinski definition) is 2. The van der Waals surface area contributed by atoms with Gasteiger partial charge in [-0.1, -0.05) is 6.07 Å². The van der Waals surface area contributed by atoms with Crippen LogP contribution >= 0.6 is 0 Å². The second-order valence-corrected chi connectivity index (χ2v) is 3.91. The monoisotopic (exact) mass is 202 g/mol. The Balaban J connectivity index is 3.05. The molecule has 3 nitrogen and oxygen atoms in total. The number of nitrogens with one attached hydrogen (secondary N) is 1. The Hall–Kier alpha value is -1.77. The number of H-pyrrole nitrogens is 1. The summed E-state index contributed by atoms with van der Waals surface area (Å²) in [5, 5.41) is 1.07. The maximum Gasteiger partial charge on any atom is 0.251 e. The fourth-order valence-electron chi connectivity index (χ4n) is 1.78. The molecule has 0 unspecified atom stereocenters. The minimum Gasteiger partial charge on any atom is -0.398 e. The highest BCUT2D eigenvalue weighted by Crippen LogP contribution is 2.23. The topological polar surface area (TPSA) is 58.9 Å².